The van der Waals surface area contributed by atoms with Crippen molar-refractivity contribution < 1.29 is 14.4 Å². The maximum atomic E-state index is 12.4. The number of benzene rings is 1. The predicted octanol–water partition coefficient (Wildman–Crippen LogP) is 2.81. The molecule has 2 atom stereocenters. The lowest BCUT2D eigenvalue weighted by Gasteiger charge is -2.19. The molecule has 0 bridgehead atoms. The molecule has 24 heavy (non-hydrogen) atoms. The highest BCUT2D eigenvalue weighted by Gasteiger charge is 2.47. The first-order valence-electron chi connectivity index (χ1n) is 8.70. The van der Waals surface area contributed by atoms with E-state index < -0.39 is 0 Å². The summed E-state index contributed by atoms with van der Waals surface area (Å²) < 4.78 is 0. The number of rotatable bonds is 4. The molecule has 2 fully saturated rings. The van der Waals surface area contributed by atoms with Crippen LogP contribution in [0, 0.1) is 25.7 Å². The van der Waals surface area contributed by atoms with E-state index in [9.17, 15) is 14.4 Å². The van der Waals surface area contributed by atoms with E-state index >= 15 is 0 Å². The van der Waals surface area contributed by atoms with Crippen LogP contribution in [0.25, 0.3) is 0 Å². The topological polar surface area (TPSA) is 66.5 Å². The molecule has 1 aliphatic heterocycles. The Bertz CT molecular complexity index is 639. The number of aryl methyl sites for hydroxylation is 2. The number of likely N-dealkylation sites (tertiary alicyclic amines) is 1. The van der Waals surface area contributed by atoms with Crippen LogP contribution in [0.5, 0.6) is 0 Å². The number of amides is 3. The molecule has 1 heterocycles. The minimum absolute atomic E-state index is 0.0791. The fraction of sp³-hybridized carbons (Fsp3) is 0.526. The Morgan fingerprint density at radius 3 is 2.17 bits per heavy atom. The number of fused-ring (bicyclic) bond motifs is 1. The number of carbonyl (C=O) groups is 3. The molecule has 1 aliphatic carbocycles. The van der Waals surface area contributed by atoms with Crippen molar-refractivity contribution in [1.29, 1.82) is 0 Å². The SMILES string of the molecule is Cc1cccc(C)c1NC(=O)CCN1C(=O)[C@H]2CCCC[C@@H]2C1=O. The van der Waals surface area contributed by atoms with Crippen LogP contribution in [0.2, 0.25) is 0 Å². The lowest BCUT2D eigenvalue weighted by atomic mass is 9.81. The summed E-state index contributed by atoms with van der Waals surface area (Å²) >= 11 is 0. The van der Waals surface area contributed by atoms with Crippen molar-refractivity contribution in [1.82, 2.24) is 4.90 Å². The number of carbonyl (C=O) groups excluding carboxylic acids is 3. The highest BCUT2D eigenvalue weighted by molar-refractivity contribution is 6.05. The van der Waals surface area contributed by atoms with Crippen LogP contribution in [-0.4, -0.2) is 29.2 Å². The van der Waals surface area contributed by atoms with E-state index in [2.05, 4.69) is 5.32 Å². The third-order valence-corrected chi connectivity index (χ3v) is 5.24. The summed E-state index contributed by atoms with van der Waals surface area (Å²) in [5, 5.41) is 2.91. The van der Waals surface area contributed by atoms with Gasteiger partial charge in [-0.15, -0.1) is 0 Å². The van der Waals surface area contributed by atoms with Crippen molar-refractivity contribution in [3.8, 4) is 0 Å². The first-order valence-corrected chi connectivity index (χ1v) is 8.70. The molecule has 1 N–H and O–H groups in total. The highest BCUT2D eigenvalue weighted by atomic mass is 16.2. The molecule has 1 saturated carbocycles. The average Bonchev–Trinajstić information content (AvgIpc) is 2.81. The van der Waals surface area contributed by atoms with Crippen LogP contribution in [0.3, 0.4) is 0 Å². The Hall–Kier alpha value is -2.17. The van der Waals surface area contributed by atoms with Gasteiger partial charge in [0, 0.05) is 18.7 Å². The van der Waals surface area contributed by atoms with Gasteiger partial charge in [0.1, 0.15) is 0 Å². The summed E-state index contributed by atoms with van der Waals surface area (Å²) in [6.07, 6.45) is 3.79. The standard InChI is InChI=1S/C19H24N2O3/c1-12-6-5-7-13(2)17(12)20-16(22)10-11-21-18(23)14-8-3-4-9-15(14)19(21)24/h5-7,14-15H,3-4,8-11H2,1-2H3,(H,20,22)/t14-,15-/m0/s1. The fourth-order valence-electron chi connectivity index (χ4n) is 3.88. The molecule has 0 aromatic heterocycles. The van der Waals surface area contributed by atoms with E-state index in [1.807, 2.05) is 32.0 Å². The molecule has 2 aliphatic rings. The first kappa shape index (κ1) is 16.7. The minimum Gasteiger partial charge on any atom is -0.326 e. The summed E-state index contributed by atoms with van der Waals surface area (Å²) in [6.45, 7) is 4.07. The van der Waals surface area contributed by atoms with Crippen molar-refractivity contribution in [3.63, 3.8) is 0 Å². The average molecular weight is 328 g/mol. The molecule has 1 aromatic rings. The van der Waals surface area contributed by atoms with Crippen LogP contribution in [0.15, 0.2) is 18.2 Å². The van der Waals surface area contributed by atoms with Gasteiger partial charge >= 0.3 is 0 Å². The number of nitrogens with zero attached hydrogens (tertiary/aromatic N) is 1. The number of anilines is 1. The van der Waals surface area contributed by atoms with E-state index in [0.717, 1.165) is 42.5 Å². The summed E-state index contributed by atoms with van der Waals surface area (Å²) in [4.78, 5) is 38.4. The molecule has 5 nitrogen and oxygen atoms in total. The van der Waals surface area contributed by atoms with Gasteiger partial charge in [-0.1, -0.05) is 31.0 Å². The maximum absolute atomic E-state index is 12.4. The zero-order chi connectivity index (χ0) is 17.3. The number of para-hydroxylation sites is 1. The molecule has 128 valence electrons. The Morgan fingerprint density at radius 1 is 1.08 bits per heavy atom. The van der Waals surface area contributed by atoms with Crippen LogP contribution in [0.4, 0.5) is 5.69 Å². The van der Waals surface area contributed by atoms with Gasteiger partial charge in [-0.05, 0) is 37.8 Å². The summed E-state index contributed by atoms with van der Waals surface area (Å²) in [7, 11) is 0. The summed E-state index contributed by atoms with van der Waals surface area (Å²) in [6, 6.07) is 5.84. The second-order valence-corrected chi connectivity index (χ2v) is 6.89. The molecular formula is C19H24N2O3. The third kappa shape index (κ3) is 3.07. The maximum Gasteiger partial charge on any atom is 0.233 e. The van der Waals surface area contributed by atoms with Gasteiger partial charge in [0.25, 0.3) is 0 Å². The second kappa shape index (κ2) is 6.75. The van der Waals surface area contributed by atoms with E-state index in [1.54, 1.807) is 0 Å². The van der Waals surface area contributed by atoms with Crippen molar-refractivity contribution in [2.75, 3.05) is 11.9 Å². The van der Waals surface area contributed by atoms with Gasteiger partial charge in [0.2, 0.25) is 17.7 Å². The van der Waals surface area contributed by atoms with E-state index in [1.165, 1.54) is 4.90 Å². The molecule has 0 radical (unpaired) electrons. The molecular weight excluding hydrogens is 304 g/mol. The molecule has 0 unspecified atom stereocenters. The molecule has 3 rings (SSSR count). The predicted molar refractivity (Wildman–Crippen MR) is 91.3 cm³/mol. The van der Waals surface area contributed by atoms with Gasteiger partial charge in [-0.2, -0.15) is 0 Å². The van der Waals surface area contributed by atoms with E-state index in [0.29, 0.717) is 0 Å². The van der Waals surface area contributed by atoms with Crippen LogP contribution < -0.4 is 5.32 Å². The minimum atomic E-state index is -0.164. The van der Waals surface area contributed by atoms with Crippen molar-refractivity contribution in [2.45, 2.75) is 46.0 Å². The summed E-state index contributed by atoms with van der Waals surface area (Å²) in [5.74, 6) is -0.613. The number of hydrogen-bond donors (Lipinski definition) is 1. The zero-order valence-corrected chi connectivity index (χ0v) is 14.3. The normalized spacial score (nSPS) is 23.3. The smallest absolute Gasteiger partial charge is 0.233 e. The largest absolute Gasteiger partial charge is 0.326 e. The highest BCUT2D eigenvalue weighted by Crippen LogP contribution is 2.38. The summed E-state index contributed by atoms with van der Waals surface area (Å²) in [5.41, 5.74) is 2.82. The Labute approximate surface area is 142 Å². The monoisotopic (exact) mass is 328 g/mol. The van der Waals surface area contributed by atoms with Crippen molar-refractivity contribution in [3.05, 3.63) is 29.3 Å². The fourth-order valence-corrected chi connectivity index (χ4v) is 3.88. The van der Waals surface area contributed by atoms with Gasteiger partial charge in [0.05, 0.1) is 11.8 Å². The number of imide groups is 1. The second-order valence-electron chi connectivity index (χ2n) is 6.89. The molecule has 3 amide bonds. The molecule has 5 heteroatoms. The molecule has 1 aromatic carbocycles. The van der Waals surface area contributed by atoms with E-state index in [-0.39, 0.29) is 42.5 Å². The lowest BCUT2D eigenvalue weighted by molar-refractivity contribution is -0.140. The first-order chi connectivity index (χ1) is 11.5. The van der Waals surface area contributed by atoms with Gasteiger partial charge in [0.15, 0.2) is 0 Å². The van der Waals surface area contributed by atoms with Crippen LogP contribution in [-0.2, 0) is 14.4 Å². The zero-order valence-electron chi connectivity index (χ0n) is 14.3. The van der Waals surface area contributed by atoms with Gasteiger partial charge in [-0.25, -0.2) is 0 Å². The third-order valence-electron chi connectivity index (χ3n) is 5.24. The Balaban J connectivity index is 1.60. The van der Waals surface area contributed by atoms with Crippen LogP contribution in [0.1, 0.15) is 43.2 Å². The van der Waals surface area contributed by atoms with Crippen molar-refractivity contribution >= 4 is 23.4 Å². The van der Waals surface area contributed by atoms with Gasteiger partial charge < -0.3 is 5.32 Å². The Kier molecular flexibility index (Phi) is 4.69. The van der Waals surface area contributed by atoms with E-state index in [4.69, 9.17) is 0 Å². The van der Waals surface area contributed by atoms with Gasteiger partial charge in [-0.3, -0.25) is 19.3 Å². The molecule has 1 saturated heterocycles. The number of hydrogen-bond acceptors (Lipinski definition) is 3. The quantitative estimate of drug-likeness (QED) is 0.864. The number of nitrogens with one attached hydrogen (secondary N) is 1. The Morgan fingerprint density at radius 2 is 1.62 bits per heavy atom. The lowest BCUT2D eigenvalue weighted by Crippen LogP contribution is -2.34. The molecule has 0 spiro atoms. The van der Waals surface area contributed by atoms with Crippen LogP contribution >= 0.6 is 0 Å². The van der Waals surface area contributed by atoms with Crippen molar-refractivity contribution in [2.24, 2.45) is 11.8 Å².